The number of carbonyl (C=O) groups excluding carboxylic acids is 1. The summed E-state index contributed by atoms with van der Waals surface area (Å²) in [7, 11) is 0. The molecule has 0 aromatic carbocycles. The molecule has 4 unspecified atom stereocenters. The molecule has 1 heterocycles. The van der Waals surface area contributed by atoms with E-state index in [1.54, 1.807) is 6.92 Å². The van der Waals surface area contributed by atoms with Crippen LogP contribution in [-0.2, 0) is 9.59 Å². The van der Waals surface area contributed by atoms with Crippen molar-refractivity contribution < 1.29 is 14.7 Å². The van der Waals surface area contributed by atoms with Crippen LogP contribution in [0.1, 0.15) is 47.0 Å². The number of carboxylic acids is 1. The highest BCUT2D eigenvalue weighted by Crippen LogP contribution is 2.25. The average molecular weight is 270 g/mol. The van der Waals surface area contributed by atoms with E-state index in [-0.39, 0.29) is 11.9 Å². The van der Waals surface area contributed by atoms with Crippen LogP contribution in [0.4, 0.5) is 0 Å². The van der Waals surface area contributed by atoms with Crippen LogP contribution in [0.25, 0.3) is 0 Å². The van der Waals surface area contributed by atoms with Crippen molar-refractivity contribution in [1.29, 1.82) is 0 Å². The molecule has 2 N–H and O–H groups in total. The molecule has 0 aromatic heterocycles. The monoisotopic (exact) mass is 270 g/mol. The predicted molar refractivity (Wildman–Crippen MR) is 73.9 cm³/mol. The Morgan fingerprint density at radius 3 is 2.26 bits per heavy atom. The van der Waals surface area contributed by atoms with Gasteiger partial charge in [-0.2, -0.15) is 0 Å². The van der Waals surface area contributed by atoms with Crippen LogP contribution in [0.15, 0.2) is 0 Å². The second-order valence-corrected chi connectivity index (χ2v) is 5.72. The van der Waals surface area contributed by atoms with Gasteiger partial charge in [0.2, 0.25) is 5.91 Å². The summed E-state index contributed by atoms with van der Waals surface area (Å²) in [5.74, 6) is -1.23. The number of carboxylic acid groups (broad SMARTS) is 1. The first-order valence-corrected chi connectivity index (χ1v) is 7.12. The first-order chi connectivity index (χ1) is 8.84. The van der Waals surface area contributed by atoms with Crippen molar-refractivity contribution in [1.82, 2.24) is 10.2 Å². The Morgan fingerprint density at radius 2 is 1.79 bits per heavy atom. The number of nitrogens with zero attached hydrogens (tertiary/aromatic N) is 1. The van der Waals surface area contributed by atoms with E-state index in [0.29, 0.717) is 25.0 Å². The van der Waals surface area contributed by atoms with Crippen molar-refractivity contribution in [2.45, 2.75) is 65.1 Å². The molecule has 0 bridgehead atoms. The molecule has 4 atom stereocenters. The van der Waals surface area contributed by atoms with Gasteiger partial charge in [-0.3, -0.25) is 14.5 Å². The van der Waals surface area contributed by atoms with E-state index in [1.165, 1.54) is 0 Å². The minimum absolute atomic E-state index is 0.00168. The van der Waals surface area contributed by atoms with Crippen molar-refractivity contribution in [3.8, 4) is 0 Å². The lowest BCUT2D eigenvalue weighted by molar-refractivity contribution is -0.141. The van der Waals surface area contributed by atoms with Crippen molar-refractivity contribution in [3.05, 3.63) is 0 Å². The normalized spacial score (nSPS) is 26.9. The number of amides is 1. The molecule has 0 aliphatic carbocycles. The lowest BCUT2D eigenvalue weighted by Gasteiger charge is -2.31. The molecule has 1 aliphatic rings. The van der Waals surface area contributed by atoms with E-state index in [1.807, 2.05) is 6.92 Å². The van der Waals surface area contributed by atoms with Gasteiger partial charge in [-0.1, -0.05) is 6.92 Å². The quantitative estimate of drug-likeness (QED) is 0.767. The van der Waals surface area contributed by atoms with Crippen molar-refractivity contribution in [3.63, 3.8) is 0 Å². The maximum Gasteiger partial charge on any atom is 0.306 e. The van der Waals surface area contributed by atoms with Crippen LogP contribution in [0.5, 0.6) is 0 Å². The molecule has 1 saturated heterocycles. The fourth-order valence-electron chi connectivity index (χ4n) is 2.80. The van der Waals surface area contributed by atoms with Gasteiger partial charge in [-0.05, 0) is 40.0 Å². The smallest absolute Gasteiger partial charge is 0.306 e. The highest BCUT2D eigenvalue weighted by Gasteiger charge is 2.34. The summed E-state index contributed by atoms with van der Waals surface area (Å²) in [4.78, 5) is 25.0. The number of nitrogens with one attached hydrogen (secondary N) is 1. The number of hydrogen-bond acceptors (Lipinski definition) is 3. The van der Waals surface area contributed by atoms with Crippen LogP contribution < -0.4 is 5.32 Å². The molecule has 5 heteroatoms. The Kier molecular flexibility index (Phi) is 5.79. The van der Waals surface area contributed by atoms with Gasteiger partial charge in [0, 0.05) is 18.6 Å². The third-order valence-electron chi connectivity index (χ3n) is 4.14. The second-order valence-electron chi connectivity index (χ2n) is 5.72. The first-order valence-electron chi connectivity index (χ1n) is 7.12. The first kappa shape index (κ1) is 16.0. The molecule has 0 radical (unpaired) electrons. The maximum atomic E-state index is 12.1. The van der Waals surface area contributed by atoms with E-state index in [4.69, 9.17) is 5.11 Å². The van der Waals surface area contributed by atoms with Crippen LogP contribution in [0.2, 0.25) is 0 Å². The Morgan fingerprint density at radius 1 is 1.26 bits per heavy atom. The Bertz CT molecular complexity index is 323. The Labute approximate surface area is 115 Å². The maximum absolute atomic E-state index is 12.1. The molecule has 0 saturated carbocycles. The Balaban J connectivity index is 2.39. The van der Waals surface area contributed by atoms with Crippen LogP contribution >= 0.6 is 0 Å². The minimum Gasteiger partial charge on any atom is -0.481 e. The van der Waals surface area contributed by atoms with Gasteiger partial charge in [0.1, 0.15) is 0 Å². The summed E-state index contributed by atoms with van der Waals surface area (Å²) < 4.78 is 0. The van der Waals surface area contributed by atoms with Crippen LogP contribution in [-0.4, -0.2) is 46.6 Å². The predicted octanol–water partition coefficient (Wildman–Crippen LogP) is 1.47. The van der Waals surface area contributed by atoms with E-state index in [2.05, 4.69) is 24.1 Å². The molecule has 0 spiro atoms. The summed E-state index contributed by atoms with van der Waals surface area (Å²) >= 11 is 0. The van der Waals surface area contributed by atoms with E-state index < -0.39 is 11.9 Å². The lowest BCUT2D eigenvalue weighted by atomic mass is 10.1. The Hall–Kier alpha value is -1.10. The van der Waals surface area contributed by atoms with Crippen molar-refractivity contribution in [2.75, 3.05) is 6.54 Å². The number of aliphatic carboxylic acids is 1. The molecule has 1 rings (SSSR count). The summed E-state index contributed by atoms with van der Waals surface area (Å²) in [5.41, 5.74) is 0. The number of hydrogen-bond donors (Lipinski definition) is 2. The summed E-state index contributed by atoms with van der Waals surface area (Å²) in [5, 5.41) is 11.6. The van der Waals surface area contributed by atoms with Gasteiger partial charge in [0.05, 0.1) is 12.0 Å². The summed E-state index contributed by atoms with van der Waals surface area (Å²) in [6.07, 6.45) is 2.74. The standard InChI is InChI=1S/C14H26N2O3/c1-9(14(18)19)7-8-15-13(17)12(4)16-10(2)5-6-11(16)3/h9-12H,5-8H2,1-4H3,(H,15,17)(H,18,19). The molecule has 19 heavy (non-hydrogen) atoms. The second kappa shape index (κ2) is 6.89. The van der Waals surface area contributed by atoms with E-state index in [9.17, 15) is 9.59 Å². The molecule has 1 aliphatic heterocycles. The third-order valence-corrected chi connectivity index (χ3v) is 4.14. The van der Waals surface area contributed by atoms with Gasteiger partial charge in [-0.25, -0.2) is 0 Å². The van der Waals surface area contributed by atoms with Gasteiger partial charge >= 0.3 is 5.97 Å². The zero-order chi connectivity index (χ0) is 14.6. The lowest BCUT2D eigenvalue weighted by Crippen LogP contribution is -2.49. The largest absolute Gasteiger partial charge is 0.481 e. The molecule has 0 aromatic rings. The molecule has 1 amide bonds. The van der Waals surface area contributed by atoms with Gasteiger partial charge < -0.3 is 10.4 Å². The molecule has 110 valence electrons. The molecule has 5 nitrogen and oxygen atoms in total. The SMILES string of the molecule is CC(CCNC(=O)C(C)N1C(C)CCC1C)C(=O)O. The van der Waals surface area contributed by atoms with Gasteiger partial charge in [0.25, 0.3) is 0 Å². The zero-order valence-electron chi connectivity index (χ0n) is 12.3. The highest BCUT2D eigenvalue weighted by atomic mass is 16.4. The van der Waals surface area contributed by atoms with Crippen molar-refractivity contribution in [2.24, 2.45) is 5.92 Å². The fraction of sp³-hybridized carbons (Fsp3) is 0.857. The number of rotatable bonds is 6. The summed E-state index contributed by atoms with van der Waals surface area (Å²) in [6.45, 7) is 8.31. The van der Waals surface area contributed by atoms with Crippen LogP contribution in [0.3, 0.4) is 0 Å². The number of likely N-dealkylation sites (tertiary alicyclic amines) is 1. The summed E-state index contributed by atoms with van der Waals surface area (Å²) in [6, 6.07) is 0.732. The van der Waals surface area contributed by atoms with E-state index in [0.717, 1.165) is 12.8 Å². The third kappa shape index (κ3) is 4.20. The van der Waals surface area contributed by atoms with E-state index >= 15 is 0 Å². The topological polar surface area (TPSA) is 69.6 Å². The molecule has 1 fully saturated rings. The van der Waals surface area contributed by atoms with Gasteiger partial charge in [0.15, 0.2) is 0 Å². The minimum atomic E-state index is -0.816. The van der Waals surface area contributed by atoms with Crippen LogP contribution in [0, 0.1) is 5.92 Å². The number of carbonyl (C=O) groups is 2. The van der Waals surface area contributed by atoms with Gasteiger partial charge in [-0.15, -0.1) is 0 Å². The average Bonchev–Trinajstić information content (AvgIpc) is 2.67. The zero-order valence-corrected chi connectivity index (χ0v) is 12.3. The molecular formula is C14H26N2O3. The molecular weight excluding hydrogens is 244 g/mol. The fourth-order valence-corrected chi connectivity index (χ4v) is 2.80. The van der Waals surface area contributed by atoms with Crippen molar-refractivity contribution >= 4 is 11.9 Å². The highest BCUT2D eigenvalue weighted by molar-refractivity contribution is 5.81.